The molecule has 0 radical (unpaired) electrons. The van der Waals surface area contributed by atoms with Crippen molar-refractivity contribution in [2.75, 3.05) is 0 Å². The lowest BCUT2D eigenvalue weighted by molar-refractivity contribution is -0.189. The molecule has 2 heteroatoms. The predicted molar refractivity (Wildman–Crippen MR) is 180 cm³/mol. The number of hydrogen-bond acceptors (Lipinski definition) is 2. The first-order valence-corrected chi connectivity index (χ1v) is 19.0. The van der Waals surface area contributed by atoms with Gasteiger partial charge in [-0.2, -0.15) is 0 Å². The Kier molecular flexibility index (Phi) is 6.16. The summed E-state index contributed by atoms with van der Waals surface area (Å²) in [6.45, 7) is 0. The van der Waals surface area contributed by atoms with Crippen molar-refractivity contribution in [3.63, 3.8) is 0 Å². The Morgan fingerprint density at radius 3 is 1.81 bits per heavy atom. The van der Waals surface area contributed by atoms with Gasteiger partial charge in [-0.15, -0.1) is 11.3 Å². The second-order valence-corrected chi connectivity index (χ2v) is 16.9. The maximum Gasteiger partial charge on any atom is 0.0719 e. The van der Waals surface area contributed by atoms with Crippen molar-refractivity contribution in [2.24, 2.45) is 59.2 Å². The SMILES string of the molecule is c1cc(-c2cccc3c2sc2ccccc23)nc(C2CC3C4CCCCC4C4CCCC5C6CCCCC6C(C2)C3C45)c1. The minimum atomic E-state index is 0.648. The second kappa shape index (κ2) is 10.2. The van der Waals surface area contributed by atoms with Gasteiger partial charge in [-0.05, 0) is 129 Å². The molecule has 2 aromatic heterocycles. The lowest BCUT2D eigenvalue weighted by Gasteiger charge is -2.68. The Labute approximate surface area is 261 Å². The largest absolute Gasteiger partial charge is 0.252 e. The van der Waals surface area contributed by atoms with E-state index in [1.165, 1.54) is 88.5 Å². The van der Waals surface area contributed by atoms with Crippen LogP contribution in [0.1, 0.15) is 95.1 Å². The number of nitrogens with zero attached hydrogens (tertiary/aromatic N) is 1. The summed E-state index contributed by atoms with van der Waals surface area (Å²) in [6, 6.07) is 22.9. The molecule has 43 heavy (non-hydrogen) atoms. The molecule has 6 aliphatic rings. The van der Waals surface area contributed by atoms with Gasteiger partial charge in [0.25, 0.3) is 0 Å². The van der Waals surface area contributed by atoms with Crippen LogP contribution in [0.15, 0.2) is 60.7 Å². The number of aromatic nitrogens is 1. The van der Waals surface area contributed by atoms with E-state index in [0.717, 1.165) is 59.2 Å². The molecule has 2 aromatic carbocycles. The maximum absolute atomic E-state index is 5.60. The molecular formula is C41H47NS. The van der Waals surface area contributed by atoms with Crippen LogP contribution < -0.4 is 0 Å². The first-order chi connectivity index (χ1) is 21.3. The second-order valence-electron chi connectivity index (χ2n) is 15.9. The summed E-state index contributed by atoms with van der Waals surface area (Å²) in [5.41, 5.74) is 3.95. The van der Waals surface area contributed by atoms with E-state index in [1.54, 1.807) is 32.1 Å². The highest BCUT2D eigenvalue weighted by Crippen LogP contribution is 2.70. The van der Waals surface area contributed by atoms with Gasteiger partial charge in [0.1, 0.15) is 0 Å². The van der Waals surface area contributed by atoms with Crippen LogP contribution in [0, 0.1) is 59.2 Å². The highest BCUT2D eigenvalue weighted by atomic mass is 32.1. The minimum absolute atomic E-state index is 0.648. The van der Waals surface area contributed by atoms with E-state index >= 15 is 0 Å². The molecule has 0 spiro atoms. The first-order valence-electron chi connectivity index (χ1n) is 18.2. The topological polar surface area (TPSA) is 12.9 Å². The van der Waals surface area contributed by atoms with Gasteiger partial charge in [0.15, 0.2) is 0 Å². The highest BCUT2D eigenvalue weighted by molar-refractivity contribution is 7.26. The van der Waals surface area contributed by atoms with Gasteiger partial charge in [0, 0.05) is 37.3 Å². The zero-order valence-electron chi connectivity index (χ0n) is 25.7. The third-order valence-corrected chi connectivity index (χ3v) is 15.6. The van der Waals surface area contributed by atoms with Gasteiger partial charge in [-0.3, -0.25) is 4.98 Å². The molecule has 4 aromatic rings. The van der Waals surface area contributed by atoms with Crippen LogP contribution in [0.2, 0.25) is 0 Å². The fourth-order valence-corrected chi connectivity index (χ4v) is 14.5. The molecule has 6 aliphatic carbocycles. The summed E-state index contributed by atoms with van der Waals surface area (Å²) in [6.07, 6.45) is 19.8. The summed E-state index contributed by atoms with van der Waals surface area (Å²) in [5, 5.41) is 2.77. The molecule has 10 rings (SSSR count). The van der Waals surface area contributed by atoms with Crippen molar-refractivity contribution in [3.8, 4) is 11.3 Å². The zero-order chi connectivity index (χ0) is 28.1. The Hall–Kier alpha value is -2.19. The Bertz CT molecular complexity index is 1620. The van der Waals surface area contributed by atoms with Crippen LogP contribution in [0.3, 0.4) is 0 Å². The van der Waals surface area contributed by atoms with Crippen LogP contribution in [0.25, 0.3) is 31.4 Å². The summed E-state index contributed by atoms with van der Waals surface area (Å²) < 4.78 is 2.79. The Balaban J connectivity index is 1.06. The quantitative estimate of drug-likeness (QED) is 0.228. The molecule has 0 aliphatic heterocycles. The molecule has 0 bridgehead atoms. The first kappa shape index (κ1) is 26.1. The normalized spacial score (nSPS) is 40.0. The lowest BCUT2D eigenvalue weighted by Crippen LogP contribution is -2.61. The summed E-state index contributed by atoms with van der Waals surface area (Å²) >= 11 is 1.94. The number of hydrogen-bond donors (Lipinski definition) is 0. The molecule has 0 N–H and O–H groups in total. The van der Waals surface area contributed by atoms with Gasteiger partial charge in [-0.1, -0.05) is 74.6 Å². The monoisotopic (exact) mass is 585 g/mol. The Morgan fingerprint density at radius 2 is 1.09 bits per heavy atom. The lowest BCUT2D eigenvalue weighted by atomic mass is 9.37. The average Bonchev–Trinajstić information content (AvgIpc) is 3.47. The van der Waals surface area contributed by atoms with Crippen LogP contribution in [-0.2, 0) is 0 Å². The molecular weight excluding hydrogens is 539 g/mol. The van der Waals surface area contributed by atoms with Gasteiger partial charge in [0.05, 0.1) is 5.69 Å². The number of thiophene rings is 1. The molecule has 0 saturated heterocycles. The number of fused-ring (bicyclic) bond motifs is 9. The van der Waals surface area contributed by atoms with Gasteiger partial charge < -0.3 is 0 Å². The molecule has 2 heterocycles. The third kappa shape index (κ3) is 3.90. The molecule has 6 fully saturated rings. The average molecular weight is 586 g/mol. The predicted octanol–water partition coefficient (Wildman–Crippen LogP) is 11.5. The van der Waals surface area contributed by atoms with Crippen molar-refractivity contribution in [1.82, 2.24) is 4.98 Å². The minimum Gasteiger partial charge on any atom is -0.252 e. The molecule has 1 nitrogen and oxygen atoms in total. The standard InChI is InChI=1S/C41H47NS/c1-3-12-27-25(10-1)30-15-7-16-31-26-11-2-4-13-28(26)35-23-24(22-34(27)40(35)39(30)31)36-19-9-20-37(42-36)33-18-8-17-32-29-14-5-6-21-38(29)43-41(32)33/h5-6,8-9,14,17-21,24-28,30-31,34-35,39-40H,1-4,7,10-13,15-16,22-23H2. The Morgan fingerprint density at radius 1 is 0.512 bits per heavy atom. The number of rotatable bonds is 2. The summed E-state index contributed by atoms with van der Waals surface area (Å²) in [7, 11) is 0. The van der Waals surface area contributed by atoms with Crippen molar-refractivity contribution < 1.29 is 0 Å². The van der Waals surface area contributed by atoms with Crippen LogP contribution in [0.4, 0.5) is 0 Å². The van der Waals surface area contributed by atoms with Crippen LogP contribution >= 0.6 is 11.3 Å². The molecule has 0 amide bonds. The zero-order valence-corrected chi connectivity index (χ0v) is 26.5. The fraction of sp³-hybridized carbons (Fsp3) is 0.585. The van der Waals surface area contributed by atoms with Crippen molar-refractivity contribution in [3.05, 3.63) is 66.4 Å². The number of benzene rings is 2. The highest BCUT2D eigenvalue weighted by Gasteiger charge is 2.63. The summed E-state index contributed by atoms with van der Waals surface area (Å²) in [4.78, 5) is 5.60. The smallest absolute Gasteiger partial charge is 0.0719 e. The van der Waals surface area contributed by atoms with Gasteiger partial charge >= 0.3 is 0 Å². The molecule has 8 atom stereocenters. The molecule has 6 saturated carbocycles. The van der Waals surface area contributed by atoms with Crippen LogP contribution in [-0.4, -0.2) is 4.98 Å². The van der Waals surface area contributed by atoms with Crippen LogP contribution in [0.5, 0.6) is 0 Å². The maximum atomic E-state index is 5.60. The van der Waals surface area contributed by atoms with Gasteiger partial charge in [-0.25, -0.2) is 0 Å². The molecule has 222 valence electrons. The van der Waals surface area contributed by atoms with Crippen molar-refractivity contribution in [1.29, 1.82) is 0 Å². The molecule has 8 unspecified atom stereocenters. The van der Waals surface area contributed by atoms with Crippen molar-refractivity contribution >= 4 is 31.5 Å². The summed E-state index contributed by atoms with van der Waals surface area (Å²) in [5.74, 6) is 11.0. The van der Waals surface area contributed by atoms with E-state index in [-0.39, 0.29) is 0 Å². The van der Waals surface area contributed by atoms with E-state index < -0.39 is 0 Å². The van der Waals surface area contributed by atoms with E-state index in [0.29, 0.717) is 5.92 Å². The number of pyridine rings is 1. The fourth-order valence-electron chi connectivity index (χ4n) is 13.3. The van der Waals surface area contributed by atoms with E-state index in [1.807, 2.05) is 11.3 Å². The van der Waals surface area contributed by atoms with E-state index in [4.69, 9.17) is 4.98 Å². The third-order valence-electron chi connectivity index (χ3n) is 14.4. The van der Waals surface area contributed by atoms with E-state index in [9.17, 15) is 0 Å². The van der Waals surface area contributed by atoms with Gasteiger partial charge in [0.2, 0.25) is 0 Å². The van der Waals surface area contributed by atoms with Crippen molar-refractivity contribution in [2.45, 2.75) is 89.4 Å². The van der Waals surface area contributed by atoms with E-state index in [2.05, 4.69) is 60.7 Å².